The van der Waals surface area contributed by atoms with Crippen molar-refractivity contribution in [1.29, 1.82) is 0 Å². The summed E-state index contributed by atoms with van der Waals surface area (Å²) in [4.78, 5) is 8.90. The van der Waals surface area contributed by atoms with Crippen molar-refractivity contribution in [3.8, 4) is 0 Å². The van der Waals surface area contributed by atoms with Gasteiger partial charge in [0.25, 0.3) is 0 Å². The number of aromatic nitrogens is 2. The Labute approximate surface area is 124 Å². The fourth-order valence-corrected chi connectivity index (χ4v) is 2.20. The molecule has 1 heterocycles. The molecule has 0 radical (unpaired) electrons. The summed E-state index contributed by atoms with van der Waals surface area (Å²) < 4.78 is 0.783. The van der Waals surface area contributed by atoms with Crippen molar-refractivity contribution in [2.45, 2.75) is 53.0 Å². The lowest BCUT2D eigenvalue weighted by atomic mass is 9.85. The van der Waals surface area contributed by atoms with Crippen molar-refractivity contribution >= 4 is 21.7 Å². The smallest absolute Gasteiger partial charge is 0.134 e. The van der Waals surface area contributed by atoms with Crippen LogP contribution in [0.1, 0.15) is 52.8 Å². The van der Waals surface area contributed by atoms with Gasteiger partial charge in [-0.05, 0) is 27.8 Å². The first-order valence-electron chi connectivity index (χ1n) is 6.66. The Morgan fingerprint density at radius 3 is 2.42 bits per heavy atom. The van der Waals surface area contributed by atoms with Crippen LogP contribution in [-0.4, -0.2) is 27.7 Å². The largest absolute Gasteiger partial charge is 0.396 e. The van der Waals surface area contributed by atoms with E-state index in [1.807, 2.05) is 6.07 Å². The third-order valence-corrected chi connectivity index (χ3v) is 3.42. The summed E-state index contributed by atoms with van der Waals surface area (Å²) in [7, 11) is 0. The first-order chi connectivity index (χ1) is 8.74. The van der Waals surface area contributed by atoms with E-state index in [0.29, 0.717) is 6.42 Å². The summed E-state index contributed by atoms with van der Waals surface area (Å²) in [6.07, 6.45) is 0.697. The molecule has 0 aromatic carbocycles. The molecule has 108 valence electrons. The molecule has 1 aromatic rings. The van der Waals surface area contributed by atoms with Crippen molar-refractivity contribution in [1.82, 2.24) is 9.97 Å². The molecule has 0 aliphatic heterocycles. The van der Waals surface area contributed by atoms with Gasteiger partial charge in [-0.25, -0.2) is 9.97 Å². The highest BCUT2D eigenvalue weighted by Crippen LogP contribution is 2.26. The zero-order valence-electron chi connectivity index (χ0n) is 12.4. The third kappa shape index (κ3) is 5.07. The van der Waals surface area contributed by atoms with Gasteiger partial charge in [0, 0.05) is 24.6 Å². The van der Waals surface area contributed by atoms with E-state index in [9.17, 15) is 5.11 Å². The molecule has 0 spiro atoms. The lowest BCUT2D eigenvalue weighted by Crippen LogP contribution is -2.35. The fraction of sp³-hybridized carbons (Fsp3) is 0.714. The van der Waals surface area contributed by atoms with Gasteiger partial charge in [-0.1, -0.05) is 34.6 Å². The first kappa shape index (κ1) is 16.4. The second-order valence-corrected chi connectivity index (χ2v) is 6.98. The highest BCUT2D eigenvalue weighted by atomic mass is 79.9. The molecule has 1 aromatic heterocycles. The van der Waals surface area contributed by atoms with Crippen LogP contribution in [0.4, 0.5) is 5.82 Å². The minimum atomic E-state index is 0.0537. The lowest BCUT2D eigenvalue weighted by molar-refractivity contribution is 0.235. The van der Waals surface area contributed by atoms with Gasteiger partial charge in [0.1, 0.15) is 16.2 Å². The molecule has 1 rings (SSSR count). The van der Waals surface area contributed by atoms with Gasteiger partial charge in [0.2, 0.25) is 0 Å². The second kappa shape index (κ2) is 6.66. The highest BCUT2D eigenvalue weighted by Gasteiger charge is 2.24. The average molecular weight is 330 g/mol. The zero-order chi connectivity index (χ0) is 14.6. The van der Waals surface area contributed by atoms with Crippen molar-refractivity contribution in [2.24, 2.45) is 5.41 Å². The SMILES string of the molecule is CC(C)c1nc(Br)cc(NC(CCO)C(C)(C)C)n1. The molecule has 5 heteroatoms. The van der Waals surface area contributed by atoms with Gasteiger partial charge in [-0.3, -0.25) is 0 Å². The molecule has 1 unspecified atom stereocenters. The maximum atomic E-state index is 9.19. The van der Waals surface area contributed by atoms with Crippen molar-refractivity contribution < 1.29 is 5.11 Å². The molecule has 4 nitrogen and oxygen atoms in total. The van der Waals surface area contributed by atoms with Gasteiger partial charge in [-0.2, -0.15) is 0 Å². The number of hydrogen-bond donors (Lipinski definition) is 2. The molecular formula is C14H24BrN3O. The summed E-state index contributed by atoms with van der Waals surface area (Å²) in [6.45, 7) is 10.8. The molecule has 0 bridgehead atoms. The van der Waals surface area contributed by atoms with Crippen molar-refractivity contribution in [2.75, 3.05) is 11.9 Å². The summed E-state index contributed by atoms with van der Waals surface area (Å²) in [5.41, 5.74) is 0.0537. The van der Waals surface area contributed by atoms with E-state index in [1.54, 1.807) is 0 Å². The van der Waals surface area contributed by atoms with Crippen LogP contribution in [0.3, 0.4) is 0 Å². The standard InChI is InChI=1S/C14H24BrN3O/c1-9(2)13-17-11(15)8-12(18-13)16-10(6-7-19)14(3,4)5/h8-10,19H,6-7H2,1-5H3,(H,16,17,18). The van der Waals surface area contributed by atoms with Crippen LogP contribution in [0, 0.1) is 5.41 Å². The Hall–Kier alpha value is -0.680. The normalized spacial score (nSPS) is 13.7. The quantitative estimate of drug-likeness (QED) is 0.811. The number of aliphatic hydroxyl groups is 1. The molecule has 0 amide bonds. The van der Waals surface area contributed by atoms with Gasteiger partial charge >= 0.3 is 0 Å². The minimum absolute atomic E-state index is 0.0537. The van der Waals surface area contributed by atoms with Crippen LogP contribution < -0.4 is 5.32 Å². The van der Waals surface area contributed by atoms with Crippen LogP contribution in [0.25, 0.3) is 0 Å². The summed E-state index contributed by atoms with van der Waals surface area (Å²) >= 11 is 3.42. The predicted octanol–water partition coefficient (Wildman–Crippen LogP) is 3.57. The van der Waals surface area contributed by atoms with E-state index in [-0.39, 0.29) is 24.0 Å². The number of halogens is 1. The second-order valence-electron chi connectivity index (χ2n) is 6.16. The Morgan fingerprint density at radius 2 is 1.95 bits per heavy atom. The molecule has 0 aliphatic rings. The van der Waals surface area contributed by atoms with Crippen LogP contribution >= 0.6 is 15.9 Å². The molecule has 0 saturated heterocycles. The number of aliphatic hydroxyl groups excluding tert-OH is 1. The number of hydrogen-bond acceptors (Lipinski definition) is 4. The molecule has 2 N–H and O–H groups in total. The number of nitrogens with one attached hydrogen (secondary N) is 1. The number of nitrogens with zero attached hydrogens (tertiary/aromatic N) is 2. The fourth-order valence-electron chi connectivity index (χ4n) is 1.80. The summed E-state index contributed by atoms with van der Waals surface area (Å²) in [5.74, 6) is 1.90. The number of rotatable bonds is 5. The molecule has 0 fully saturated rings. The predicted molar refractivity (Wildman–Crippen MR) is 82.4 cm³/mol. The molecule has 0 aliphatic carbocycles. The van der Waals surface area contributed by atoms with Crippen LogP contribution in [-0.2, 0) is 0 Å². The average Bonchev–Trinajstić information content (AvgIpc) is 2.26. The molecular weight excluding hydrogens is 306 g/mol. The highest BCUT2D eigenvalue weighted by molar-refractivity contribution is 9.10. The Kier molecular flexibility index (Phi) is 5.74. The number of anilines is 1. The van der Waals surface area contributed by atoms with E-state index < -0.39 is 0 Å². The van der Waals surface area contributed by atoms with E-state index >= 15 is 0 Å². The van der Waals surface area contributed by atoms with Crippen LogP contribution in [0.5, 0.6) is 0 Å². The van der Waals surface area contributed by atoms with E-state index in [0.717, 1.165) is 16.2 Å². The Bertz CT molecular complexity index is 416. The van der Waals surface area contributed by atoms with Gasteiger partial charge in [-0.15, -0.1) is 0 Å². The minimum Gasteiger partial charge on any atom is -0.396 e. The Balaban J connectivity index is 2.96. The summed E-state index contributed by atoms with van der Waals surface area (Å²) in [5, 5.41) is 12.6. The Morgan fingerprint density at radius 1 is 1.32 bits per heavy atom. The van der Waals surface area contributed by atoms with Crippen LogP contribution in [0.15, 0.2) is 10.7 Å². The van der Waals surface area contributed by atoms with Crippen LogP contribution in [0.2, 0.25) is 0 Å². The van der Waals surface area contributed by atoms with Gasteiger partial charge in [0.05, 0.1) is 0 Å². The molecule has 19 heavy (non-hydrogen) atoms. The topological polar surface area (TPSA) is 58.0 Å². The van der Waals surface area contributed by atoms with Gasteiger partial charge in [0.15, 0.2) is 0 Å². The lowest BCUT2D eigenvalue weighted by Gasteiger charge is -2.31. The molecule has 0 saturated carbocycles. The monoisotopic (exact) mass is 329 g/mol. The summed E-state index contributed by atoms with van der Waals surface area (Å²) in [6, 6.07) is 2.04. The van der Waals surface area contributed by atoms with Gasteiger partial charge < -0.3 is 10.4 Å². The first-order valence-corrected chi connectivity index (χ1v) is 7.45. The maximum absolute atomic E-state index is 9.19. The third-order valence-electron chi connectivity index (χ3n) is 3.01. The van der Waals surface area contributed by atoms with E-state index in [1.165, 1.54) is 0 Å². The van der Waals surface area contributed by atoms with Crippen molar-refractivity contribution in [3.05, 3.63) is 16.5 Å². The van der Waals surface area contributed by atoms with E-state index in [2.05, 4.69) is 65.8 Å². The van der Waals surface area contributed by atoms with Crippen molar-refractivity contribution in [3.63, 3.8) is 0 Å². The molecule has 1 atom stereocenters. The maximum Gasteiger partial charge on any atom is 0.134 e. The zero-order valence-corrected chi connectivity index (χ0v) is 14.0. The van der Waals surface area contributed by atoms with E-state index in [4.69, 9.17) is 0 Å².